The maximum Gasteiger partial charge on any atom is 0.416 e. The normalized spacial score (nSPS) is 13.4. The minimum Gasteiger partial charge on any atom is -0.422 e. The molecule has 0 bridgehead atoms. The molecule has 4 heteroatoms. The molecule has 0 radical (unpaired) electrons. The van der Waals surface area contributed by atoms with Gasteiger partial charge in [0, 0.05) is 5.92 Å². The van der Waals surface area contributed by atoms with Gasteiger partial charge in [-0.2, -0.15) is 0 Å². The van der Waals surface area contributed by atoms with Crippen molar-refractivity contribution >= 4 is 7.68 Å². The van der Waals surface area contributed by atoms with Crippen LogP contribution in [-0.4, -0.2) is 6.16 Å². The summed E-state index contributed by atoms with van der Waals surface area (Å²) in [6, 6.07) is 27.5. The molecule has 0 spiro atoms. The summed E-state index contributed by atoms with van der Waals surface area (Å²) in [5, 5.41) is 0. The van der Waals surface area contributed by atoms with Crippen LogP contribution < -0.4 is 4.52 Å². The van der Waals surface area contributed by atoms with Gasteiger partial charge in [0.05, 0.1) is 6.16 Å². The number of rotatable bonds is 6. The fourth-order valence-corrected chi connectivity index (χ4v) is 4.04. The van der Waals surface area contributed by atoms with Gasteiger partial charge >= 0.3 is 7.68 Å². The van der Waals surface area contributed by atoms with Crippen molar-refractivity contribution in [2.45, 2.75) is 5.92 Å². The number of hydrogen-bond acceptors (Lipinski definition) is 2. The molecule has 0 saturated carbocycles. The Bertz CT molecular complexity index is 767. The highest BCUT2D eigenvalue weighted by Crippen LogP contribution is 2.52. The fourth-order valence-electron chi connectivity index (χ4n) is 2.67. The van der Waals surface area contributed by atoms with E-state index in [0.717, 1.165) is 11.1 Å². The number of para-hydroxylation sites is 1. The van der Waals surface area contributed by atoms with Gasteiger partial charge in [0.25, 0.3) is 0 Å². The lowest BCUT2D eigenvalue weighted by atomic mass is 9.93. The Kier molecular flexibility index (Phi) is 5.12. The van der Waals surface area contributed by atoms with Crippen LogP contribution in [0.15, 0.2) is 91.0 Å². The van der Waals surface area contributed by atoms with Crippen LogP contribution in [0.2, 0.25) is 0 Å². The van der Waals surface area contributed by atoms with E-state index in [0.29, 0.717) is 0 Å². The van der Waals surface area contributed by atoms with Gasteiger partial charge in [-0.25, -0.2) is 4.57 Å². The van der Waals surface area contributed by atoms with Crippen molar-refractivity contribution in [3.8, 4) is 5.75 Å². The van der Waals surface area contributed by atoms with Crippen LogP contribution in [0.4, 0.5) is 4.20 Å². The molecule has 0 fully saturated rings. The lowest BCUT2D eigenvalue weighted by Gasteiger charge is -2.20. The molecule has 24 heavy (non-hydrogen) atoms. The largest absolute Gasteiger partial charge is 0.422 e. The highest BCUT2D eigenvalue weighted by atomic mass is 31.2. The topological polar surface area (TPSA) is 26.3 Å². The first-order valence-electron chi connectivity index (χ1n) is 7.77. The summed E-state index contributed by atoms with van der Waals surface area (Å²) < 4.78 is 32.3. The maximum atomic E-state index is 14.7. The Morgan fingerprint density at radius 2 is 1.17 bits per heavy atom. The van der Waals surface area contributed by atoms with Gasteiger partial charge in [0.15, 0.2) is 0 Å². The highest BCUT2D eigenvalue weighted by Gasteiger charge is 2.30. The van der Waals surface area contributed by atoms with Gasteiger partial charge in [0.1, 0.15) is 5.75 Å². The Hall–Kier alpha value is -2.38. The third-order valence-corrected chi connectivity index (χ3v) is 5.07. The van der Waals surface area contributed by atoms with E-state index in [-0.39, 0.29) is 17.8 Å². The number of benzene rings is 3. The SMILES string of the molecule is O=P(F)(CC(c1ccccc1)c1ccccc1)Oc1ccccc1. The standard InChI is InChI=1S/C20H18FO2P/c21-24(22,23-19-14-8-3-9-15-19)16-20(17-10-4-1-5-11-17)18-12-6-2-7-13-18/h1-15,20H,16H2. The van der Waals surface area contributed by atoms with Crippen molar-refractivity contribution in [2.75, 3.05) is 6.16 Å². The van der Waals surface area contributed by atoms with Crippen molar-refractivity contribution < 1.29 is 13.3 Å². The summed E-state index contributed by atoms with van der Waals surface area (Å²) in [5.41, 5.74) is 1.83. The van der Waals surface area contributed by atoms with Crippen LogP contribution in [0.1, 0.15) is 17.0 Å². The van der Waals surface area contributed by atoms with E-state index in [2.05, 4.69) is 0 Å². The summed E-state index contributed by atoms with van der Waals surface area (Å²) in [5.74, 6) is -0.0462. The molecular weight excluding hydrogens is 322 g/mol. The fraction of sp³-hybridized carbons (Fsp3) is 0.100. The second-order valence-electron chi connectivity index (χ2n) is 5.55. The van der Waals surface area contributed by atoms with Crippen molar-refractivity contribution in [1.82, 2.24) is 0 Å². The van der Waals surface area contributed by atoms with E-state index in [4.69, 9.17) is 4.52 Å². The lowest BCUT2D eigenvalue weighted by Crippen LogP contribution is -2.08. The van der Waals surface area contributed by atoms with Crippen LogP contribution in [0.25, 0.3) is 0 Å². The van der Waals surface area contributed by atoms with E-state index in [9.17, 15) is 8.76 Å². The Morgan fingerprint density at radius 1 is 0.750 bits per heavy atom. The van der Waals surface area contributed by atoms with E-state index in [1.54, 1.807) is 30.3 Å². The van der Waals surface area contributed by atoms with Gasteiger partial charge < -0.3 is 4.52 Å². The lowest BCUT2D eigenvalue weighted by molar-refractivity contribution is 0.432. The number of hydrogen-bond donors (Lipinski definition) is 0. The van der Waals surface area contributed by atoms with Gasteiger partial charge in [0.2, 0.25) is 0 Å². The summed E-state index contributed by atoms with van der Waals surface area (Å²) in [6.07, 6.45) is -0.198. The molecule has 0 aliphatic heterocycles. The minimum absolute atomic E-state index is 0.198. The monoisotopic (exact) mass is 340 g/mol. The minimum atomic E-state index is -4.30. The van der Waals surface area contributed by atoms with Gasteiger partial charge in [-0.05, 0) is 23.3 Å². The molecule has 0 amide bonds. The molecule has 1 atom stereocenters. The summed E-state index contributed by atoms with van der Waals surface area (Å²) in [7, 11) is -4.30. The maximum absolute atomic E-state index is 14.7. The second kappa shape index (κ2) is 7.46. The molecule has 122 valence electrons. The molecule has 1 unspecified atom stereocenters. The van der Waals surface area contributed by atoms with Crippen molar-refractivity contribution in [3.05, 3.63) is 102 Å². The van der Waals surface area contributed by atoms with Crippen molar-refractivity contribution in [3.63, 3.8) is 0 Å². The Morgan fingerprint density at radius 3 is 1.62 bits per heavy atom. The summed E-state index contributed by atoms with van der Waals surface area (Å²) >= 11 is 0. The van der Waals surface area contributed by atoms with E-state index < -0.39 is 7.68 Å². The van der Waals surface area contributed by atoms with Gasteiger partial charge in [-0.15, -0.1) is 4.20 Å². The predicted octanol–water partition coefficient (Wildman–Crippen LogP) is 6.06. The van der Waals surface area contributed by atoms with Crippen LogP contribution >= 0.6 is 7.68 Å². The van der Waals surface area contributed by atoms with Crippen LogP contribution in [0, 0.1) is 0 Å². The number of halogens is 1. The first kappa shape index (κ1) is 16.5. The first-order chi connectivity index (χ1) is 11.6. The third-order valence-electron chi connectivity index (χ3n) is 3.79. The third kappa shape index (κ3) is 4.33. The van der Waals surface area contributed by atoms with Crippen LogP contribution in [-0.2, 0) is 4.57 Å². The first-order valence-corrected chi connectivity index (χ1v) is 9.47. The summed E-state index contributed by atoms with van der Waals surface area (Å²) in [4.78, 5) is 0. The van der Waals surface area contributed by atoms with E-state index in [1.807, 2.05) is 60.7 Å². The van der Waals surface area contributed by atoms with E-state index >= 15 is 0 Å². The molecular formula is C20H18FO2P. The average molecular weight is 340 g/mol. The molecule has 0 heterocycles. The zero-order chi connectivity index (χ0) is 16.8. The molecule has 3 aromatic rings. The van der Waals surface area contributed by atoms with E-state index in [1.165, 1.54) is 0 Å². The Labute approximate surface area is 141 Å². The zero-order valence-electron chi connectivity index (χ0n) is 13.1. The molecule has 0 aromatic heterocycles. The molecule has 2 nitrogen and oxygen atoms in total. The molecule has 0 aliphatic rings. The summed E-state index contributed by atoms with van der Waals surface area (Å²) in [6.45, 7) is 0. The average Bonchev–Trinajstić information content (AvgIpc) is 2.62. The molecule has 0 saturated heterocycles. The molecule has 0 N–H and O–H groups in total. The molecule has 3 aromatic carbocycles. The Balaban J connectivity index is 1.88. The van der Waals surface area contributed by atoms with Crippen LogP contribution in [0.5, 0.6) is 5.75 Å². The quantitative estimate of drug-likeness (QED) is 0.510. The van der Waals surface area contributed by atoms with Gasteiger partial charge in [-0.1, -0.05) is 78.9 Å². The second-order valence-corrected chi connectivity index (χ2v) is 7.28. The van der Waals surface area contributed by atoms with Gasteiger partial charge in [-0.3, -0.25) is 0 Å². The zero-order valence-corrected chi connectivity index (χ0v) is 14.0. The van der Waals surface area contributed by atoms with Crippen molar-refractivity contribution in [2.24, 2.45) is 0 Å². The van der Waals surface area contributed by atoms with Crippen molar-refractivity contribution in [1.29, 1.82) is 0 Å². The molecule has 0 aliphatic carbocycles. The highest BCUT2D eigenvalue weighted by molar-refractivity contribution is 7.53. The smallest absolute Gasteiger partial charge is 0.416 e. The predicted molar refractivity (Wildman–Crippen MR) is 95.4 cm³/mol. The molecule has 3 rings (SSSR count). The van der Waals surface area contributed by atoms with Crippen LogP contribution in [0.3, 0.4) is 0 Å².